The topological polar surface area (TPSA) is 103 Å². The number of nitrogens with zero attached hydrogens (tertiary/aromatic N) is 4. The first-order valence-electron chi connectivity index (χ1n) is 9.75. The highest BCUT2D eigenvalue weighted by Gasteiger charge is 2.23. The van der Waals surface area contributed by atoms with Crippen LogP contribution in [0.25, 0.3) is 22.4 Å². The number of sulfonamides is 1. The van der Waals surface area contributed by atoms with Crippen molar-refractivity contribution in [1.29, 1.82) is 0 Å². The van der Waals surface area contributed by atoms with Crippen LogP contribution in [0.1, 0.15) is 37.8 Å². The molecule has 8 nitrogen and oxygen atoms in total. The lowest BCUT2D eigenvalue weighted by atomic mass is 10.2. The van der Waals surface area contributed by atoms with Crippen molar-refractivity contribution in [2.45, 2.75) is 44.7 Å². The van der Waals surface area contributed by atoms with Crippen molar-refractivity contribution in [2.75, 3.05) is 0 Å². The van der Waals surface area contributed by atoms with Crippen LogP contribution in [0.5, 0.6) is 0 Å². The number of aryl methyl sites for hydroxylation is 2. The third kappa shape index (κ3) is 3.99. The molecular weight excluding hydrogens is 402 g/mol. The molecule has 2 aromatic carbocycles. The number of imidazole rings is 1. The fourth-order valence-corrected chi connectivity index (χ4v) is 4.42. The van der Waals surface area contributed by atoms with Gasteiger partial charge in [-0.15, -0.1) is 0 Å². The highest BCUT2D eigenvalue weighted by molar-refractivity contribution is 7.89. The summed E-state index contributed by atoms with van der Waals surface area (Å²) >= 11 is 0. The summed E-state index contributed by atoms with van der Waals surface area (Å²) in [6.45, 7) is 6.59. The van der Waals surface area contributed by atoms with Gasteiger partial charge in [-0.25, -0.2) is 13.4 Å². The van der Waals surface area contributed by atoms with Gasteiger partial charge in [-0.05, 0) is 50.6 Å². The standard InChI is InChI=1S/C21H23N5O3S/c1-4-11-26-13-22-18-12-16(7-10-19(18)26)20-23-21(29-24-20)15(3)25-30(27,28)17-8-5-14(2)6-9-17/h5-10,12-13,15,25H,4,11H2,1-3H3. The molecule has 1 N–H and O–H groups in total. The van der Waals surface area contributed by atoms with E-state index < -0.39 is 16.1 Å². The van der Waals surface area contributed by atoms with Gasteiger partial charge in [-0.1, -0.05) is 29.8 Å². The lowest BCUT2D eigenvalue weighted by Gasteiger charge is -2.10. The fraction of sp³-hybridized carbons (Fsp3) is 0.286. The van der Waals surface area contributed by atoms with E-state index in [4.69, 9.17) is 4.52 Å². The Morgan fingerprint density at radius 3 is 2.67 bits per heavy atom. The van der Waals surface area contributed by atoms with Gasteiger partial charge in [0.15, 0.2) is 0 Å². The van der Waals surface area contributed by atoms with Crippen molar-refractivity contribution >= 4 is 21.1 Å². The second kappa shape index (κ2) is 8.00. The van der Waals surface area contributed by atoms with E-state index in [2.05, 4.69) is 31.3 Å². The summed E-state index contributed by atoms with van der Waals surface area (Å²) in [5.74, 6) is 0.579. The molecular formula is C21H23N5O3S. The van der Waals surface area contributed by atoms with E-state index in [0.717, 1.165) is 35.1 Å². The van der Waals surface area contributed by atoms with Crippen molar-refractivity contribution < 1.29 is 12.9 Å². The van der Waals surface area contributed by atoms with Crippen LogP contribution in [-0.4, -0.2) is 28.1 Å². The molecule has 0 aliphatic carbocycles. The molecule has 0 aliphatic rings. The second-order valence-corrected chi connectivity index (χ2v) is 8.97. The van der Waals surface area contributed by atoms with Crippen LogP contribution in [0.3, 0.4) is 0 Å². The molecule has 1 atom stereocenters. The summed E-state index contributed by atoms with van der Waals surface area (Å²) in [5.41, 5.74) is 3.64. The minimum Gasteiger partial charge on any atom is -0.337 e. The highest BCUT2D eigenvalue weighted by Crippen LogP contribution is 2.24. The Hall–Kier alpha value is -3.04. The predicted octanol–water partition coefficient (Wildman–Crippen LogP) is 3.84. The third-order valence-corrected chi connectivity index (χ3v) is 6.38. The molecule has 2 aromatic heterocycles. The summed E-state index contributed by atoms with van der Waals surface area (Å²) in [5, 5.41) is 4.02. The molecule has 0 radical (unpaired) electrons. The number of nitrogens with one attached hydrogen (secondary N) is 1. The Morgan fingerprint density at radius 2 is 1.93 bits per heavy atom. The maximum Gasteiger partial charge on any atom is 0.244 e. The van der Waals surface area contributed by atoms with Crippen molar-refractivity contribution in [3.63, 3.8) is 0 Å². The highest BCUT2D eigenvalue weighted by atomic mass is 32.2. The summed E-state index contributed by atoms with van der Waals surface area (Å²) < 4.78 is 35.2. The summed E-state index contributed by atoms with van der Waals surface area (Å²) in [4.78, 5) is 9.01. The minimum atomic E-state index is -3.70. The Labute approximate surface area is 175 Å². The van der Waals surface area contributed by atoms with Crippen LogP contribution >= 0.6 is 0 Å². The average molecular weight is 426 g/mol. The smallest absolute Gasteiger partial charge is 0.244 e. The summed E-state index contributed by atoms with van der Waals surface area (Å²) in [6.07, 6.45) is 2.85. The molecule has 4 rings (SSSR count). The van der Waals surface area contributed by atoms with E-state index >= 15 is 0 Å². The van der Waals surface area contributed by atoms with Gasteiger partial charge in [0.25, 0.3) is 0 Å². The van der Waals surface area contributed by atoms with Gasteiger partial charge in [0, 0.05) is 12.1 Å². The first kappa shape index (κ1) is 20.2. The van der Waals surface area contributed by atoms with E-state index in [0.29, 0.717) is 5.82 Å². The van der Waals surface area contributed by atoms with Gasteiger partial charge < -0.3 is 9.09 Å². The summed E-state index contributed by atoms with van der Waals surface area (Å²) in [7, 11) is -3.70. The normalized spacial score (nSPS) is 13.0. The monoisotopic (exact) mass is 425 g/mol. The molecule has 1 unspecified atom stereocenters. The molecule has 0 amide bonds. The van der Waals surface area contributed by atoms with E-state index in [1.54, 1.807) is 31.2 Å². The minimum absolute atomic E-state index is 0.188. The molecule has 0 spiro atoms. The van der Waals surface area contributed by atoms with Crippen LogP contribution < -0.4 is 4.72 Å². The number of aromatic nitrogens is 4. The molecule has 4 aromatic rings. The maximum atomic E-state index is 12.6. The Balaban J connectivity index is 1.54. The lowest BCUT2D eigenvalue weighted by Crippen LogP contribution is -2.27. The lowest BCUT2D eigenvalue weighted by molar-refractivity contribution is 0.354. The number of rotatable bonds is 7. The van der Waals surface area contributed by atoms with Crippen molar-refractivity contribution in [3.05, 3.63) is 60.2 Å². The SMILES string of the molecule is CCCn1cnc2cc(-c3noc(C(C)NS(=O)(=O)c4ccc(C)cc4)n3)ccc21. The van der Waals surface area contributed by atoms with Crippen molar-refractivity contribution in [3.8, 4) is 11.4 Å². The molecule has 0 aliphatic heterocycles. The van der Waals surface area contributed by atoms with Crippen LogP contribution in [0.2, 0.25) is 0 Å². The number of hydrogen-bond donors (Lipinski definition) is 1. The largest absolute Gasteiger partial charge is 0.337 e. The Bertz CT molecular complexity index is 1280. The van der Waals surface area contributed by atoms with Gasteiger partial charge >= 0.3 is 0 Å². The van der Waals surface area contributed by atoms with Crippen molar-refractivity contribution in [1.82, 2.24) is 24.4 Å². The van der Waals surface area contributed by atoms with Gasteiger partial charge in [-0.2, -0.15) is 9.71 Å². The molecule has 0 fully saturated rings. The average Bonchev–Trinajstić information content (AvgIpc) is 3.36. The van der Waals surface area contributed by atoms with E-state index in [-0.39, 0.29) is 10.8 Å². The van der Waals surface area contributed by atoms with Gasteiger partial charge in [0.2, 0.25) is 21.7 Å². The fourth-order valence-electron chi connectivity index (χ4n) is 3.22. The number of hydrogen-bond acceptors (Lipinski definition) is 6. The zero-order valence-electron chi connectivity index (χ0n) is 17.0. The predicted molar refractivity (Wildman–Crippen MR) is 113 cm³/mol. The Kier molecular flexibility index (Phi) is 5.40. The van der Waals surface area contributed by atoms with Crippen molar-refractivity contribution in [2.24, 2.45) is 0 Å². The molecule has 0 saturated heterocycles. The molecule has 9 heteroatoms. The summed E-state index contributed by atoms with van der Waals surface area (Å²) in [6, 6.07) is 11.7. The molecule has 0 bridgehead atoms. The zero-order valence-corrected chi connectivity index (χ0v) is 17.8. The number of fused-ring (bicyclic) bond motifs is 1. The van der Waals surface area contributed by atoms with Gasteiger partial charge in [-0.3, -0.25) is 0 Å². The van der Waals surface area contributed by atoms with E-state index in [9.17, 15) is 8.42 Å². The molecule has 30 heavy (non-hydrogen) atoms. The first-order valence-corrected chi connectivity index (χ1v) is 11.2. The van der Waals surface area contributed by atoms with E-state index in [1.807, 2.05) is 31.5 Å². The third-order valence-electron chi connectivity index (χ3n) is 4.82. The Morgan fingerprint density at radius 1 is 1.17 bits per heavy atom. The van der Waals surface area contributed by atoms with Crippen LogP contribution in [-0.2, 0) is 16.6 Å². The van der Waals surface area contributed by atoms with Crippen LogP contribution in [0.4, 0.5) is 0 Å². The van der Waals surface area contributed by atoms with E-state index in [1.165, 1.54) is 0 Å². The van der Waals surface area contributed by atoms with Crippen LogP contribution in [0, 0.1) is 6.92 Å². The number of benzene rings is 2. The quantitative estimate of drug-likeness (QED) is 0.482. The first-order chi connectivity index (χ1) is 14.4. The zero-order chi connectivity index (χ0) is 21.3. The van der Waals surface area contributed by atoms with Gasteiger partial charge in [0.05, 0.1) is 28.3 Å². The second-order valence-electron chi connectivity index (χ2n) is 7.25. The molecule has 2 heterocycles. The maximum absolute atomic E-state index is 12.6. The molecule has 0 saturated carbocycles. The van der Waals surface area contributed by atoms with Gasteiger partial charge in [0.1, 0.15) is 0 Å². The molecule has 156 valence electrons. The van der Waals surface area contributed by atoms with Crippen LogP contribution in [0.15, 0.2) is 58.2 Å².